The van der Waals surface area contributed by atoms with E-state index in [0.717, 1.165) is 19.3 Å². The van der Waals surface area contributed by atoms with Gasteiger partial charge < -0.3 is 4.74 Å². The van der Waals surface area contributed by atoms with Gasteiger partial charge in [-0.2, -0.15) is 0 Å². The van der Waals surface area contributed by atoms with Crippen LogP contribution in [0.4, 0.5) is 0 Å². The van der Waals surface area contributed by atoms with Gasteiger partial charge in [-0.25, -0.2) is 0 Å². The Hall–Kier alpha value is 0.200. The van der Waals surface area contributed by atoms with Gasteiger partial charge in [-0.1, -0.05) is 42.9 Å². The van der Waals surface area contributed by atoms with Crippen LogP contribution in [0.15, 0.2) is 0 Å². The molecule has 0 spiro atoms. The lowest BCUT2D eigenvalue weighted by Crippen LogP contribution is -2.17. The third kappa shape index (κ3) is 5.47. The molecule has 0 aliphatic heterocycles. The molecule has 11 heavy (non-hydrogen) atoms. The molecule has 2 nitrogen and oxygen atoms in total. The van der Waals surface area contributed by atoms with Crippen LogP contribution in [0.3, 0.4) is 0 Å². The van der Waals surface area contributed by atoms with E-state index < -0.39 is 0 Å². The van der Waals surface area contributed by atoms with Crippen molar-refractivity contribution in [2.75, 3.05) is 6.61 Å². The Bertz CT molecular complexity index is 115. The van der Waals surface area contributed by atoms with Crippen LogP contribution in [0.1, 0.15) is 33.1 Å². The molecule has 1 unspecified atom stereocenters. The Morgan fingerprint density at radius 3 is 2.55 bits per heavy atom. The molecule has 66 valence electrons. The molecular weight excluding hydrogens is 255 g/mol. The molecule has 0 bridgehead atoms. The van der Waals surface area contributed by atoms with Crippen molar-refractivity contribution in [3.05, 3.63) is 0 Å². The number of halogens is 1. The molecule has 0 fully saturated rings. The van der Waals surface area contributed by atoms with Crippen LogP contribution in [0.2, 0.25) is 0 Å². The predicted molar refractivity (Wildman–Crippen MR) is 54.0 cm³/mol. The monoisotopic (exact) mass is 270 g/mol. The summed E-state index contributed by atoms with van der Waals surface area (Å²) < 4.78 is 5.00. The van der Waals surface area contributed by atoms with Gasteiger partial charge in [0.05, 0.1) is 6.61 Å². The summed E-state index contributed by atoms with van der Waals surface area (Å²) >= 11 is 2.13. The van der Waals surface area contributed by atoms with Crippen molar-refractivity contribution in [1.82, 2.24) is 0 Å². The van der Waals surface area contributed by atoms with Gasteiger partial charge in [0.1, 0.15) is 3.92 Å². The van der Waals surface area contributed by atoms with Gasteiger partial charge in [0.25, 0.3) is 0 Å². The fourth-order valence-electron chi connectivity index (χ4n) is 0.664. The van der Waals surface area contributed by atoms with Crippen molar-refractivity contribution in [3.63, 3.8) is 0 Å². The van der Waals surface area contributed by atoms with Gasteiger partial charge in [0.2, 0.25) is 0 Å². The molecule has 0 aromatic carbocycles. The van der Waals surface area contributed by atoms with Crippen LogP contribution in [-0.4, -0.2) is 16.5 Å². The first-order valence-electron chi connectivity index (χ1n) is 4.03. The molecule has 0 N–H and O–H groups in total. The summed E-state index contributed by atoms with van der Waals surface area (Å²) in [6.07, 6.45) is 2.86. The van der Waals surface area contributed by atoms with E-state index in [1.807, 2.05) is 6.92 Å². The Kier molecular flexibility index (Phi) is 7.01. The number of carbonyl (C=O) groups is 1. The summed E-state index contributed by atoms with van der Waals surface area (Å²) in [6.45, 7) is 4.62. The van der Waals surface area contributed by atoms with Gasteiger partial charge in [0, 0.05) is 0 Å². The Balaban J connectivity index is 3.47. The van der Waals surface area contributed by atoms with Gasteiger partial charge in [-0.15, -0.1) is 0 Å². The minimum atomic E-state index is -0.0608. The molecule has 0 aromatic rings. The first kappa shape index (κ1) is 11.2. The van der Waals surface area contributed by atoms with Gasteiger partial charge in [-0.3, -0.25) is 4.79 Å². The molecular formula is C8H15IO2. The van der Waals surface area contributed by atoms with E-state index in [0.29, 0.717) is 6.61 Å². The van der Waals surface area contributed by atoms with Gasteiger partial charge in [-0.05, 0) is 12.8 Å². The second kappa shape index (κ2) is 6.88. The summed E-state index contributed by atoms with van der Waals surface area (Å²) in [7, 11) is 0. The number of rotatable bonds is 5. The van der Waals surface area contributed by atoms with Crippen LogP contribution in [0, 0.1) is 0 Å². The summed E-state index contributed by atoms with van der Waals surface area (Å²) in [4.78, 5) is 11.1. The summed E-state index contributed by atoms with van der Waals surface area (Å²) in [6, 6.07) is 0. The molecule has 0 aliphatic carbocycles. The number of carbonyl (C=O) groups excluding carboxylic acids is 1. The van der Waals surface area contributed by atoms with E-state index in [1.165, 1.54) is 0 Å². The second-order valence-corrected chi connectivity index (χ2v) is 3.93. The van der Waals surface area contributed by atoms with E-state index in [4.69, 9.17) is 4.74 Å². The Labute approximate surface area is 81.8 Å². The summed E-state index contributed by atoms with van der Waals surface area (Å²) in [5, 5.41) is 0. The first-order chi connectivity index (χ1) is 5.22. The SMILES string of the molecule is CCCOC(=O)C(I)CCC. The van der Waals surface area contributed by atoms with Crippen LogP contribution >= 0.6 is 22.6 Å². The van der Waals surface area contributed by atoms with Crippen molar-refractivity contribution in [3.8, 4) is 0 Å². The molecule has 0 radical (unpaired) electrons. The smallest absolute Gasteiger partial charge is 0.318 e. The molecule has 0 saturated carbocycles. The zero-order valence-corrected chi connectivity index (χ0v) is 9.26. The minimum Gasteiger partial charge on any atom is -0.465 e. The molecule has 0 rings (SSSR count). The highest BCUT2D eigenvalue weighted by atomic mass is 127. The normalized spacial score (nSPS) is 12.6. The quantitative estimate of drug-likeness (QED) is 0.436. The number of hydrogen-bond donors (Lipinski definition) is 0. The van der Waals surface area contributed by atoms with E-state index >= 15 is 0 Å². The van der Waals surface area contributed by atoms with Crippen LogP contribution in [0.25, 0.3) is 0 Å². The molecule has 0 aromatic heterocycles. The lowest BCUT2D eigenvalue weighted by Gasteiger charge is -2.07. The number of alkyl halides is 1. The zero-order valence-electron chi connectivity index (χ0n) is 7.10. The zero-order chi connectivity index (χ0) is 8.69. The van der Waals surface area contributed by atoms with E-state index in [2.05, 4.69) is 29.5 Å². The summed E-state index contributed by atoms with van der Waals surface area (Å²) in [5.74, 6) is -0.0608. The fourth-order valence-corrected chi connectivity index (χ4v) is 1.47. The maximum atomic E-state index is 11.1. The minimum absolute atomic E-state index is 0.0455. The molecule has 0 amide bonds. The topological polar surface area (TPSA) is 26.3 Å². The summed E-state index contributed by atoms with van der Waals surface area (Å²) in [5.41, 5.74) is 0. The van der Waals surface area contributed by atoms with Crippen molar-refractivity contribution in [2.45, 2.75) is 37.0 Å². The standard InChI is InChI=1S/C8H15IO2/c1-3-5-7(9)8(10)11-6-4-2/h7H,3-6H2,1-2H3. The lowest BCUT2D eigenvalue weighted by molar-refractivity contribution is -0.142. The van der Waals surface area contributed by atoms with Crippen molar-refractivity contribution in [1.29, 1.82) is 0 Å². The van der Waals surface area contributed by atoms with E-state index in [-0.39, 0.29) is 9.89 Å². The number of ether oxygens (including phenoxy) is 1. The van der Waals surface area contributed by atoms with E-state index in [9.17, 15) is 4.79 Å². The first-order valence-corrected chi connectivity index (χ1v) is 5.27. The third-order valence-corrected chi connectivity index (χ3v) is 2.38. The molecule has 1 atom stereocenters. The van der Waals surface area contributed by atoms with Gasteiger partial charge in [0.15, 0.2) is 0 Å². The fraction of sp³-hybridized carbons (Fsp3) is 0.875. The number of hydrogen-bond acceptors (Lipinski definition) is 2. The Morgan fingerprint density at radius 1 is 1.45 bits per heavy atom. The highest BCUT2D eigenvalue weighted by molar-refractivity contribution is 14.1. The predicted octanol–water partition coefficient (Wildman–Crippen LogP) is 2.54. The maximum absolute atomic E-state index is 11.1. The molecule has 0 saturated heterocycles. The van der Waals surface area contributed by atoms with Crippen LogP contribution in [-0.2, 0) is 9.53 Å². The highest BCUT2D eigenvalue weighted by Gasteiger charge is 2.13. The largest absolute Gasteiger partial charge is 0.465 e. The van der Waals surface area contributed by atoms with Crippen LogP contribution < -0.4 is 0 Å². The maximum Gasteiger partial charge on any atom is 0.318 e. The molecule has 0 aliphatic rings. The average molecular weight is 270 g/mol. The average Bonchev–Trinajstić information content (AvgIpc) is 2.00. The molecule has 3 heteroatoms. The van der Waals surface area contributed by atoms with Crippen molar-refractivity contribution >= 4 is 28.6 Å². The lowest BCUT2D eigenvalue weighted by atomic mass is 10.2. The van der Waals surface area contributed by atoms with Crippen molar-refractivity contribution in [2.24, 2.45) is 0 Å². The second-order valence-electron chi connectivity index (χ2n) is 2.42. The molecule has 0 heterocycles. The highest BCUT2D eigenvalue weighted by Crippen LogP contribution is 2.10. The van der Waals surface area contributed by atoms with Crippen LogP contribution in [0.5, 0.6) is 0 Å². The third-order valence-electron chi connectivity index (χ3n) is 1.25. The number of esters is 1. The van der Waals surface area contributed by atoms with Gasteiger partial charge >= 0.3 is 5.97 Å². The van der Waals surface area contributed by atoms with E-state index in [1.54, 1.807) is 0 Å². The van der Waals surface area contributed by atoms with Crippen molar-refractivity contribution < 1.29 is 9.53 Å². The Morgan fingerprint density at radius 2 is 2.09 bits per heavy atom.